The first-order valence-electron chi connectivity index (χ1n) is 5.82. The maximum atomic E-state index is 13.5. The summed E-state index contributed by atoms with van der Waals surface area (Å²) in [5.74, 6) is -0.844. The first kappa shape index (κ1) is 13.6. The van der Waals surface area contributed by atoms with E-state index in [2.05, 4.69) is 0 Å². The van der Waals surface area contributed by atoms with E-state index in [1.807, 2.05) is 12.1 Å². The summed E-state index contributed by atoms with van der Waals surface area (Å²) in [5, 5.41) is 0.645. The summed E-state index contributed by atoms with van der Waals surface area (Å²) in [5.41, 5.74) is 1.02. The predicted molar refractivity (Wildman–Crippen MR) is 73.6 cm³/mol. The number of nitrogens with zero attached hydrogens (tertiary/aromatic N) is 1. The van der Waals surface area contributed by atoms with Gasteiger partial charge in [-0.05, 0) is 29.8 Å². The smallest absolute Gasteiger partial charge is 0.256 e. The Bertz CT molecular complexity index is 583. The average Bonchev–Trinajstić information content (AvgIpc) is 2.41. The van der Waals surface area contributed by atoms with Crippen LogP contribution in [0.1, 0.15) is 15.9 Å². The minimum absolute atomic E-state index is 0.0824. The van der Waals surface area contributed by atoms with E-state index in [4.69, 9.17) is 11.6 Å². The number of rotatable bonds is 3. The van der Waals surface area contributed by atoms with Crippen LogP contribution in [0.2, 0.25) is 5.02 Å². The first-order chi connectivity index (χ1) is 9.08. The number of carbonyl (C=O) groups excluding carboxylic acids is 1. The number of hydrogen-bond acceptors (Lipinski definition) is 1. The van der Waals surface area contributed by atoms with E-state index in [0.717, 1.165) is 5.56 Å². The van der Waals surface area contributed by atoms with Gasteiger partial charge in [0.1, 0.15) is 5.82 Å². The van der Waals surface area contributed by atoms with Gasteiger partial charge in [-0.3, -0.25) is 4.79 Å². The molecule has 0 unspecified atom stereocenters. The molecule has 2 rings (SSSR count). The van der Waals surface area contributed by atoms with Crippen LogP contribution >= 0.6 is 11.6 Å². The Morgan fingerprint density at radius 2 is 1.79 bits per heavy atom. The van der Waals surface area contributed by atoms with Crippen molar-refractivity contribution in [3.63, 3.8) is 0 Å². The van der Waals surface area contributed by atoms with Crippen molar-refractivity contribution in [3.8, 4) is 0 Å². The third-order valence-electron chi connectivity index (χ3n) is 2.78. The lowest BCUT2D eigenvalue weighted by molar-refractivity contribution is 0.0780. The van der Waals surface area contributed by atoms with E-state index in [1.165, 1.54) is 17.0 Å². The Kier molecular flexibility index (Phi) is 4.17. The molecule has 98 valence electrons. The van der Waals surface area contributed by atoms with Crippen LogP contribution in [0.3, 0.4) is 0 Å². The molecule has 0 spiro atoms. The fraction of sp³-hybridized carbons (Fsp3) is 0.133. The van der Waals surface area contributed by atoms with Gasteiger partial charge in [-0.2, -0.15) is 0 Å². The Morgan fingerprint density at radius 3 is 2.42 bits per heavy atom. The number of amides is 1. The molecule has 19 heavy (non-hydrogen) atoms. The zero-order chi connectivity index (χ0) is 13.8. The molecule has 0 radical (unpaired) electrons. The Morgan fingerprint density at radius 1 is 1.16 bits per heavy atom. The lowest BCUT2D eigenvalue weighted by Crippen LogP contribution is -2.26. The minimum atomic E-state index is -0.504. The Balaban J connectivity index is 2.12. The molecule has 0 saturated heterocycles. The number of hydrogen-bond donors (Lipinski definition) is 0. The highest BCUT2D eigenvalue weighted by atomic mass is 35.5. The van der Waals surface area contributed by atoms with Crippen LogP contribution in [0, 0.1) is 5.82 Å². The van der Waals surface area contributed by atoms with Crippen molar-refractivity contribution in [2.75, 3.05) is 7.05 Å². The molecule has 0 aromatic heterocycles. The van der Waals surface area contributed by atoms with Gasteiger partial charge in [-0.15, -0.1) is 0 Å². The summed E-state index contributed by atoms with van der Waals surface area (Å²) >= 11 is 5.80. The van der Waals surface area contributed by atoms with Crippen LogP contribution in [-0.2, 0) is 6.54 Å². The van der Waals surface area contributed by atoms with Crippen molar-refractivity contribution in [2.24, 2.45) is 0 Å². The highest BCUT2D eigenvalue weighted by Crippen LogP contribution is 2.14. The van der Waals surface area contributed by atoms with Crippen molar-refractivity contribution in [2.45, 2.75) is 6.54 Å². The molecule has 0 aliphatic carbocycles. The van der Waals surface area contributed by atoms with Gasteiger partial charge in [0.2, 0.25) is 0 Å². The fourth-order valence-corrected chi connectivity index (χ4v) is 1.90. The highest BCUT2D eigenvalue weighted by Gasteiger charge is 2.15. The van der Waals surface area contributed by atoms with Crippen LogP contribution in [0.4, 0.5) is 4.39 Å². The van der Waals surface area contributed by atoms with Crippen molar-refractivity contribution >= 4 is 17.5 Å². The van der Waals surface area contributed by atoms with E-state index in [-0.39, 0.29) is 11.5 Å². The zero-order valence-electron chi connectivity index (χ0n) is 10.4. The molecule has 0 saturated carbocycles. The van der Waals surface area contributed by atoms with Crippen LogP contribution < -0.4 is 0 Å². The molecule has 0 heterocycles. The summed E-state index contributed by atoms with van der Waals surface area (Å²) in [6.45, 7) is 0.407. The van der Waals surface area contributed by atoms with Gasteiger partial charge in [0.05, 0.1) is 5.56 Å². The third kappa shape index (κ3) is 3.32. The molecular formula is C15H13ClFNO. The normalized spacial score (nSPS) is 10.3. The monoisotopic (exact) mass is 277 g/mol. The fourth-order valence-electron chi connectivity index (χ4n) is 1.78. The van der Waals surface area contributed by atoms with Crippen LogP contribution in [0.15, 0.2) is 48.5 Å². The molecule has 0 aliphatic heterocycles. The van der Waals surface area contributed by atoms with Crippen LogP contribution in [0.5, 0.6) is 0 Å². The number of halogens is 2. The second-order valence-electron chi connectivity index (χ2n) is 4.27. The van der Waals surface area contributed by atoms with Gasteiger partial charge in [-0.25, -0.2) is 4.39 Å². The molecule has 0 bridgehead atoms. The van der Waals surface area contributed by atoms with Gasteiger partial charge in [-0.1, -0.05) is 35.9 Å². The van der Waals surface area contributed by atoms with E-state index in [0.29, 0.717) is 11.6 Å². The van der Waals surface area contributed by atoms with Gasteiger partial charge < -0.3 is 4.90 Å². The maximum absolute atomic E-state index is 13.5. The number of carbonyl (C=O) groups is 1. The third-order valence-corrected chi connectivity index (χ3v) is 3.04. The van der Waals surface area contributed by atoms with Gasteiger partial charge in [0.25, 0.3) is 5.91 Å². The number of benzene rings is 2. The summed E-state index contributed by atoms with van der Waals surface area (Å²) in [7, 11) is 1.64. The lowest BCUT2D eigenvalue weighted by Gasteiger charge is -2.17. The van der Waals surface area contributed by atoms with Crippen molar-refractivity contribution in [1.82, 2.24) is 4.90 Å². The van der Waals surface area contributed by atoms with Gasteiger partial charge in [0, 0.05) is 18.6 Å². The van der Waals surface area contributed by atoms with E-state index < -0.39 is 5.82 Å². The molecular weight excluding hydrogens is 265 g/mol. The van der Waals surface area contributed by atoms with E-state index >= 15 is 0 Å². The topological polar surface area (TPSA) is 20.3 Å². The molecule has 0 N–H and O–H groups in total. The molecule has 2 aromatic carbocycles. The average molecular weight is 278 g/mol. The Labute approximate surface area is 116 Å². The molecule has 0 atom stereocenters. The SMILES string of the molecule is CN(Cc1ccc(Cl)cc1)C(=O)c1ccccc1F. The van der Waals surface area contributed by atoms with Crippen molar-refractivity contribution in [3.05, 3.63) is 70.5 Å². The van der Waals surface area contributed by atoms with Crippen LogP contribution in [-0.4, -0.2) is 17.9 Å². The quantitative estimate of drug-likeness (QED) is 0.837. The van der Waals surface area contributed by atoms with Crippen LogP contribution in [0.25, 0.3) is 0 Å². The molecule has 2 nitrogen and oxygen atoms in total. The second kappa shape index (κ2) is 5.85. The molecule has 4 heteroatoms. The summed E-state index contributed by atoms with van der Waals surface area (Å²) in [4.78, 5) is 13.6. The highest BCUT2D eigenvalue weighted by molar-refractivity contribution is 6.30. The predicted octanol–water partition coefficient (Wildman–Crippen LogP) is 3.75. The largest absolute Gasteiger partial charge is 0.337 e. The van der Waals surface area contributed by atoms with E-state index in [9.17, 15) is 9.18 Å². The zero-order valence-corrected chi connectivity index (χ0v) is 11.2. The summed E-state index contributed by atoms with van der Waals surface area (Å²) < 4.78 is 13.5. The second-order valence-corrected chi connectivity index (χ2v) is 4.70. The molecule has 0 aliphatic rings. The van der Waals surface area contributed by atoms with Crippen molar-refractivity contribution < 1.29 is 9.18 Å². The standard InChI is InChI=1S/C15H13ClFNO/c1-18(10-11-6-8-12(16)9-7-11)15(19)13-4-2-3-5-14(13)17/h2-9H,10H2,1H3. The molecule has 1 amide bonds. The lowest BCUT2D eigenvalue weighted by atomic mass is 10.1. The van der Waals surface area contributed by atoms with E-state index in [1.54, 1.807) is 31.3 Å². The maximum Gasteiger partial charge on any atom is 0.256 e. The van der Waals surface area contributed by atoms with Gasteiger partial charge >= 0.3 is 0 Å². The Hall–Kier alpha value is -1.87. The molecule has 2 aromatic rings. The summed E-state index contributed by atoms with van der Waals surface area (Å²) in [6.07, 6.45) is 0. The van der Waals surface area contributed by atoms with Crippen molar-refractivity contribution in [1.29, 1.82) is 0 Å². The minimum Gasteiger partial charge on any atom is -0.337 e. The first-order valence-corrected chi connectivity index (χ1v) is 6.20. The summed E-state index contributed by atoms with van der Waals surface area (Å²) in [6, 6.07) is 13.2. The molecule has 0 fully saturated rings. The van der Waals surface area contributed by atoms with Gasteiger partial charge in [0.15, 0.2) is 0 Å².